The maximum atomic E-state index is 11.3. The van der Waals surface area contributed by atoms with Crippen LogP contribution in [0.3, 0.4) is 0 Å². The summed E-state index contributed by atoms with van der Waals surface area (Å²) in [7, 11) is 3.99. The van der Waals surface area contributed by atoms with Crippen molar-refractivity contribution in [2.24, 2.45) is 0 Å². The average molecular weight is 209 g/mol. The second-order valence-electron chi connectivity index (χ2n) is 3.34. The average Bonchev–Trinajstić information content (AvgIpc) is 2.16. The number of thioether (sulfide) groups is 1. The maximum absolute atomic E-state index is 11.3. The fraction of sp³-hybridized carbons (Fsp3) is 0.364. The highest BCUT2D eigenvalue weighted by molar-refractivity contribution is 7.98. The summed E-state index contributed by atoms with van der Waals surface area (Å²) in [6.45, 7) is 1.60. The minimum absolute atomic E-state index is 0.125. The van der Waals surface area contributed by atoms with Crippen LogP contribution in [0.1, 0.15) is 17.3 Å². The quantitative estimate of drug-likeness (QED) is 0.564. The van der Waals surface area contributed by atoms with E-state index in [-0.39, 0.29) is 5.78 Å². The van der Waals surface area contributed by atoms with E-state index in [4.69, 9.17) is 0 Å². The smallest absolute Gasteiger partial charge is 0.160 e. The van der Waals surface area contributed by atoms with Gasteiger partial charge in [0.1, 0.15) is 0 Å². The number of carbonyl (C=O) groups excluding carboxylic acids is 1. The molecule has 0 aromatic heterocycles. The van der Waals surface area contributed by atoms with Gasteiger partial charge in [-0.15, -0.1) is 11.8 Å². The molecule has 0 heterocycles. The number of carbonyl (C=O) groups is 1. The third-order valence-corrected chi connectivity index (χ3v) is 2.86. The molecule has 0 aliphatic heterocycles. The summed E-state index contributed by atoms with van der Waals surface area (Å²) in [4.78, 5) is 14.4. The second kappa shape index (κ2) is 4.51. The standard InChI is InChI=1S/C11H15NOS/c1-8(13)10-6-5-9(12(2)3)7-11(10)14-4/h5-7H,1-4H3. The van der Waals surface area contributed by atoms with E-state index < -0.39 is 0 Å². The number of rotatable bonds is 3. The van der Waals surface area contributed by atoms with E-state index in [1.165, 1.54) is 0 Å². The summed E-state index contributed by atoms with van der Waals surface area (Å²) in [6.07, 6.45) is 1.99. The number of hydrogen-bond donors (Lipinski definition) is 0. The largest absolute Gasteiger partial charge is 0.378 e. The highest BCUT2D eigenvalue weighted by atomic mass is 32.2. The molecule has 76 valence electrons. The molecule has 0 unspecified atom stereocenters. The van der Waals surface area contributed by atoms with E-state index in [0.29, 0.717) is 0 Å². The normalized spacial score (nSPS) is 10.0. The monoisotopic (exact) mass is 209 g/mol. The van der Waals surface area contributed by atoms with Gasteiger partial charge in [0, 0.05) is 30.2 Å². The number of nitrogens with zero attached hydrogens (tertiary/aromatic N) is 1. The summed E-state index contributed by atoms with van der Waals surface area (Å²) < 4.78 is 0. The van der Waals surface area contributed by atoms with Crippen LogP contribution < -0.4 is 4.90 Å². The predicted octanol–water partition coefficient (Wildman–Crippen LogP) is 2.68. The molecule has 0 N–H and O–H groups in total. The van der Waals surface area contributed by atoms with Crippen LogP contribution in [0, 0.1) is 0 Å². The molecule has 0 spiro atoms. The predicted molar refractivity (Wildman–Crippen MR) is 62.6 cm³/mol. The molecule has 2 nitrogen and oxygen atoms in total. The Morgan fingerprint density at radius 2 is 2.00 bits per heavy atom. The zero-order valence-corrected chi connectivity index (χ0v) is 9.81. The van der Waals surface area contributed by atoms with E-state index in [9.17, 15) is 4.79 Å². The van der Waals surface area contributed by atoms with Crippen molar-refractivity contribution in [2.45, 2.75) is 11.8 Å². The van der Waals surface area contributed by atoms with Gasteiger partial charge >= 0.3 is 0 Å². The summed E-state index contributed by atoms with van der Waals surface area (Å²) in [5.74, 6) is 0.125. The zero-order chi connectivity index (χ0) is 10.7. The molecule has 0 radical (unpaired) electrons. The Kier molecular flexibility index (Phi) is 3.58. The Labute approximate surface area is 89.3 Å². The van der Waals surface area contributed by atoms with Crippen LogP contribution in [0.5, 0.6) is 0 Å². The minimum Gasteiger partial charge on any atom is -0.378 e. The number of Topliss-reactive ketones (excluding diaryl/α,β-unsaturated/α-hetero) is 1. The van der Waals surface area contributed by atoms with Crippen molar-refractivity contribution in [1.82, 2.24) is 0 Å². The summed E-state index contributed by atoms with van der Waals surface area (Å²) in [5.41, 5.74) is 1.93. The molecule has 3 heteroatoms. The van der Waals surface area contributed by atoms with Gasteiger partial charge in [-0.25, -0.2) is 0 Å². The Hall–Kier alpha value is -0.960. The van der Waals surface area contributed by atoms with Crippen LogP contribution in [-0.4, -0.2) is 26.1 Å². The van der Waals surface area contributed by atoms with Gasteiger partial charge in [-0.3, -0.25) is 4.79 Å². The van der Waals surface area contributed by atoms with Gasteiger partial charge in [0.25, 0.3) is 0 Å². The first-order valence-corrected chi connectivity index (χ1v) is 5.65. The highest BCUT2D eigenvalue weighted by Crippen LogP contribution is 2.25. The zero-order valence-electron chi connectivity index (χ0n) is 9.00. The van der Waals surface area contributed by atoms with Gasteiger partial charge in [-0.2, -0.15) is 0 Å². The van der Waals surface area contributed by atoms with Crippen molar-refractivity contribution < 1.29 is 4.79 Å². The minimum atomic E-state index is 0.125. The number of benzene rings is 1. The molecule has 0 amide bonds. The van der Waals surface area contributed by atoms with E-state index >= 15 is 0 Å². The highest BCUT2D eigenvalue weighted by Gasteiger charge is 2.07. The fourth-order valence-corrected chi connectivity index (χ4v) is 1.92. The van der Waals surface area contributed by atoms with Crippen molar-refractivity contribution in [2.75, 3.05) is 25.3 Å². The molecular weight excluding hydrogens is 194 g/mol. The van der Waals surface area contributed by atoms with E-state index in [2.05, 4.69) is 0 Å². The summed E-state index contributed by atoms with van der Waals surface area (Å²) in [5, 5.41) is 0. The number of ketones is 1. The van der Waals surface area contributed by atoms with Crippen molar-refractivity contribution in [3.8, 4) is 0 Å². The van der Waals surface area contributed by atoms with E-state index in [1.807, 2.05) is 43.5 Å². The molecule has 0 bridgehead atoms. The van der Waals surface area contributed by atoms with Crippen molar-refractivity contribution in [3.05, 3.63) is 23.8 Å². The Morgan fingerprint density at radius 3 is 2.43 bits per heavy atom. The van der Waals surface area contributed by atoms with Crippen molar-refractivity contribution >= 4 is 23.2 Å². The lowest BCUT2D eigenvalue weighted by Gasteiger charge is -2.14. The molecule has 1 aromatic carbocycles. The molecule has 0 atom stereocenters. The molecule has 1 rings (SSSR count). The third-order valence-electron chi connectivity index (χ3n) is 2.08. The topological polar surface area (TPSA) is 20.3 Å². The molecule has 0 fully saturated rings. The Bertz CT molecular complexity index is 347. The number of hydrogen-bond acceptors (Lipinski definition) is 3. The molecule has 0 aliphatic carbocycles. The van der Waals surface area contributed by atoms with E-state index in [0.717, 1.165) is 16.1 Å². The lowest BCUT2D eigenvalue weighted by molar-refractivity contribution is 0.101. The lowest BCUT2D eigenvalue weighted by atomic mass is 10.1. The maximum Gasteiger partial charge on any atom is 0.160 e. The first-order valence-electron chi connectivity index (χ1n) is 4.42. The molecule has 14 heavy (non-hydrogen) atoms. The van der Waals surface area contributed by atoms with Crippen LogP contribution in [0.25, 0.3) is 0 Å². The lowest BCUT2D eigenvalue weighted by Crippen LogP contribution is -2.09. The van der Waals surface area contributed by atoms with Crippen LogP contribution in [0.2, 0.25) is 0 Å². The van der Waals surface area contributed by atoms with Gasteiger partial charge < -0.3 is 4.90 Å². The van der Waals surface area contributed by atoms with Crippen molar-refractivity contribution in [1.29, 1.82) is 0 Å². The van der Waals surface area contributed by atoms with Gasteiger partial charge in [-0.1, -0.05) is 0 Å². The molecule has 0 aliphatic rings. The molecule has 0 saturated carbocycles. The van der Waals surface area contributed by atoms with Crippen molar-refractivity contribution in [3.63, 3.8) is 0 Å². The first kappa shape index (κ1) is 11.1. The van der Waals surface area contributed by atoms with Crippen LogP contribution >= 0.6 is 11.8 Å². The second-order valence-corrected chi connectivity index (χ2v) is 4.18. The Morgan fingerprint density at radius 1 is 1.36 bits per heavy atom. The van der Waals surface area contributed by atoms with Crippen LogP contribution in [0.15, 0.2) is 23.1 Å². The summed E-state index contributed by atoms with van der Waals surface area (Å²) >= 11 is 1.61. The van der Waals surface area contributed by atoms with Gasteiger partial charge in [0.2, 0.25) is 0 Å². The Balaban J connectivity index is 3.18. The van der Waals surface area contributed by atoms with Crippen LogP contribution in [-0.2, 0) is 0 Å². The van der Waals surface area contributed by atoms with Crippen LogP contribution in [0.4, 0.5) is 5.69 Å². The summed E-state index contributed by atoms with van der Waals surface area (Å²) in [6, 6.07) is 5.90. The number of anilines is 1. The van der Waals surface area contributed by atoms with Gasteiger partial charge in [0.05, 0.1) is 0 Å². The molecular formula is C11H15NOS. The SMILES string of the molecule is CSc1cc(N(C)C)ccc1C(C)=O. The fourth-order valence-electron chi connectivity index (χ4n) is 1.25. The molecule has 0 saturated heterocycles. The molecule has 1 aromatic rings. The third kappa shape index (κ3) is 2.29. The van der Waals surface area contributed by atoms with E-state index in [1.54, 1.807) is 18.7 Å². The van der Waals surface area contributed by atoms with Gasteiger partial charge in [0.15, 0.2) is 5.78 Å². The first-order chi connectivity index (χ1) is 6.56. The van der Waals surface area contributed by atoms with Gasteiger partial charge in [-0.05, 0) is 31.4 Å².